The third kappa shape index (κ3) is 2.63. The third-order valence-corrected chi connectivity index (χ3v) is 4.10. The minimum absolute atomic E-state index is 0.183. The number of carbonyl (C=O) groups is 1. The van der Waals surface area contributed by atoms with Gasteiger partial charge in [0.1, 0.15) is 0 Å². The van der Waals surface area contributed by atoms with Crippen molar-refractivity contribution in [2.45, 2.75) is 47.5 Å². The average molecular weight is 220 g/mol. The maximum atomic E-state index is 11.4. The molecule has 0 aliphatic heterocycles. The molecule has 1 nitrogen and oxygen atoms in total. The molecule has 0 radical (unpaired) electrons. The lowest BCUT2D eigenvalue weighted by atomic mass is 9.64. The highest BCUT2D eigenvalue weighted by molar-refractivity contribution is 5.89. The van der Waals surface area contributed by atoms with Gasteiger partial charge in [-0.1, -0.05) is 45.4 Å². The van der Waals surface area contributed by atoms with Gasteiger partial charge in [0.05, 0.1) is 0 Å². The highest BCUT2D eigenvalue weighted by Gasteiger charge is 2.35. The molecule has 0 saturated carbocycles. The van der Waals surface area contributed by atoms with Crippen LogP contribution in [0.15, 0.2) is 23.8 Å². The van der Waals surface area contributed by atoms with E-state index in [9.17, 15) is 4.79 Å². The van der Waals surface area contributed by atoms with Crippen molar-refractivity contribution in [1.82, 2.24) is 0 Å². The first kappa shape index (κ1) is 13.2. The monoisotopic (exact) mass is 220 g/mol. The van der Waals surface area contributed by atoms with E-state index < -0.39 is 0 Å². The molecule has 0 aromatic carbocycles. The summed E-state index contributed by atoms with van der Waals surface area (Å²) in [5, 5.41) is 0. The summed E-state index contributed by atoms with van der Waals surface area (Å²) in [6.45, 7) is 10.9. The van der Waals surface area contributed by atoms with E-state index in [2.05, 4.69) is 39.8 Å². The Morgan fingerprint density at radius 3 is 2.75 bits per heavy atom. The van der Waals surface area contributed by atoms with Crippen LogP contribution in [0, 0.1) is 17.3 Å². The zero-order valence-corrected chi connectivity index (χ0v) is 11.2. The lowest BCUT2D eigenvalue weighted by Crippen LogP contribution is -2.32. The van der Waals surface area contributed by atoms with Crippen LogP contribution in [-0.2, 0) is 4.79 Å². The topological polar surface area (TPSA) is 17.1 Å². The molecule has 0 saturated heterocycles. The molecule has 1 aliphatic carbocycles. The van der Waals surface area contributed by atoms with Crippen molar-refractivity contribution in [3.05, 3.63) is 23.8 Å². The van der Waals surface area contributed by atoms with E-state index in [0.29, 0.717) is 18.3 Å². The molecular formula is C15H24O. The standard InChI is InChI=1S/C15H24O/c1-6-13(16)9-10-14-11(2)7-8-12(3)15(14,4)5/h8-11,14H,6-7H2,1-5H3/b10-9+/t11-,14+/m0/s1. The molecule has 0 heterocycles. The van der Waals surface area contributed by atoms with Gasteiger partial charge in [-0.05, 0) is 36.7 Å². The summed E-state index contributed by atoms with van der Waals surface area (Å²) in [5.41, 5.74) is 1.63. The summed E-state index contributed by atoms with van der Waals surface area (Å²) in [4.78, 5) is 11.4. The van der Waals surface area contributed by atoms with Gasteiger partial charge in [0.25, 0.3) is 0 Å². The summed E-state index contributed by atoms with van der Waals surface area (Å²) in [6.07, 6.45) is 7.99. The molecule has 0 aromatic heterocycles. The average Bonchev–Trinajstić information content (AvgIpc) is 2.23. The minimum atomic E-state index is 0.183. The van der Waals surface area contributed by atoms with Crippen LogP contribution in [0.25, 0.3) is 0 Å². The molecule has 1 heteroatoms. The van der Waals surface area contributed by atoms with Crippen molar-refractivity contribution in [2.75, 3.05) is 0 Å². The summed E-state index contributed by atoms with van der Waals surface area (Å²) in [7, 11) is 0. The van der Waals surface area contributed by atoms with Gasteiger partial charge in [0, 0.05) is 6.42 Å². The molecule has 0 bridgehead atoms. The fourth-order valence-electron chi connectivity index (χ4n) is 2.51. The second-order valence-electron chi connectivity index (χ2n) is 5.53. The highest BCUT2D eigenvalue weighted by atomic mass is 16.1. The molecule has 2 atom stereocenters. The third-order valence-electron chi connectivity index (χ3n) is 4.10. The summed E-state index contributed by atoms with van der Waals surface area (Å²) < 4.78 is 0. The second kappa shape index (κ2) is 4.99. The Bertz CT molecular complexity index is 320. The Morgan fingerprint density at radius 1 is 1.56 bits per heavy atom. The predicted octanol–water partition coefficient (Wildman–Crippen LogP) is 4.15. The first-order chi connectivity index (χ1) is 7.39. The van der Waals surface area contributed by atoms with Gasteiger partial charge in [0.2, 0.25) is 0 Å². The molecule has 0 amide bonds. The maximum Gasteiger partial charge on any atom is 0.155 e. The number of rotatable bonds is 3. The van der Waals surface area contributed by atoms with Gasteiger partial charge in [-0.15, -0.1) is 0 Å². The van der Waals surface area contributed by atoms with E-state index in [1.807, 2.05) is 6.92 Å². The van der Waals surface area contributed by atoms with Gasteiger partial charge in [-0.3, -0.25) is 4.79 Å². The molecule has 16 heavy (non-hydrogen) atoms. The normalized spacial score (nSPS) is 29.2. The van der Waals surface area contributed by atoms with Gasteiger partial charge >= 0.3 is 0 Å². The largest absolute Gasteiger partial charge is 0.295 e. The molecule has 0 unspecified atom stereocenters. The zero-order valence-electron chi connectivity index (χ0n) is 11.2. The van der Waals surface area contributed by atoms with Gasteiger partial charge in [-0.25, -0.2) is 0 Å². The fraction of sp³-hybridized carbons (Fsp3) is 0.667. The maximum absolute atomic E-state index is 11.4. The molecule has 1 rings (SSSR count). The van der Waals surface area contributed by atoms with E-state index in [0.717, 1.165) is 6.42 Å². The zero-order chi connectivity index (χ0) is 12.3. The quantitative estimate of drug-likeness (QED) is 0.516. The van der Waals surface area contributed by atoms with Crippen LogP contribution < -0.4 is 0 Å². The molecule has 0 spiro atoms. The Morgan fingerprint density at radius 2 is 2.19 bits per heavy atom. The number of allylic oxidation sites excluding steroid dienone is 4. The Balaban J connectivity index is 2.89. The minimum Gasteiger partial charge on any atom is -0.295 e. The molecular weight excluding hydrogens is 196 g/mol. The lowest BCUT2D eigenvalue weighted by Gasteiger charge is -2.41. The molecule has 90 valence electrons. The lowest BCUT2D eigenvalue weighted by molar-refractivity contribution is -0.114. The number of hydrogen-bond donors (Lipinski definition) is 0. The summed E-state index contributed by atoms with van der Waals surface area (Å²) >= 11 is 0. The van der Waals surface area contributed by atoms with Crippen LogP contribution in [-0.4, -0.2) is 5.78 Å². The van der Waals surface area contributed by atoms with Crippen LogP contribution in [0.2, 0.25) is 0 Å². The van der Waals surface area contributed by atoms with Crippen LogP contribution in [0.4, 0.5) is 0 Å². The van der Waals surface area contributed by atoms with Crippen molar-refractivity contribution in [3.63, 3.8) is 0 Å². The van der Waals surface area contributed by atoms with E-state index >= 15 is 0 Å². The van der Waals surface area contributed by atoms with Crippen molar-refractivity contribution >= 4 is 5.78 Å². The first-order valence-corrected chi connectivity index (χ1v) is 6.27. The van der Waals surface area contributed by atoms with Crippen molar-refractivity contribution in [3.8, 4) is 0 Å². The molecule has 0 N–H and O–H groups in total. The Kier molecular flexibility index (Phi) is 4.12. The van der Waals surface area contributed by atoms with E-state index in [1.165, 1.54) is 5.57 Å². The predicted molar refractivity (Wildman–Crippen MR) is 69.2 cm³/mol. The number of carbonyl (C=O) groups excluding carboxylic acids is 1. The summed E-state index contributed by atoms with van der Waals surface area (Å²) in [6, 6.07) is 0. The van der Waals surface area contributed by atoms with Crippen molar-refractivity contribution in [2.24, 2.45) is 17.3 Å². The highest BCUT2D eigenvalue weighted by Crippen LogP contribution is 2.45. The summed E-state index contributed by atoms with van der Waals surface area (Å²) in [5.74, 6) is 1.34. The fourth-order valence-corrected chi connectivity index (χ4v) is 2.51. The second-order valence-corrected chi connectivity index (χ2v) is 5.53. The van der Waals surface area contributed by atoms with Crippen LogP contribution >= 0.6 is 0 Å². The van der Waals surface area contributed by atoms with Gasteiger partial charge in [-0.2, -0.15) is 0 Å². The van der Waals surface area contributed by atoms with E-state index in [-0.39, 0.29) is 11.2 Å². The van der Waals surface area contributed by atoms with Gasteiger partial charge < -0.3 is 0 Å². The number of hydrogen-bond acceptors (Lipinski definition) is 1. The first-order valence-electron chi connectivity index (χ1n) is 6.27. The van der Waals surface area contributed by atoms with E-state index in [4.69, 9.17) is 0 Å². The van der Waals surface area contributed by atoms with Crippen molar-refractivity contribution in [1.29, 1.82) is 0 Å². The van der Waals surface area contributed by atoms with E-state index in [1.54, 1.807) is 6.08 Å². The van der Waals surface area contributed by atoms with Crippen LogP contribution in [0.5, 0.6) is 0 Å². The molecule has 1 aliphatic rings. The van der Waals surface area contributed by atoms with Gasteiger partial charge in [0.15, 0.2) is 5.78 Å². The SMILES string of the molecule is CCC(=O)/C=C/[C@@H]1[C@@H](C)CC=C(C)C1(C)C. The smallest absolute Gasteiger partial charge is 0.155 e. The number of ketones is 1. The Hall–Kier alpha value is -0.850. The Labute approximate surface area is 99.6 Å². The van der Waals surface area contributed by atoms with Crippen LogP contribution in [0.3, 0.4) is 0 Å². The van der Waals surface area contributed by atoms with Crippen molar-refractivity contribution < 1.29 is 4.79 Å². The van der Waals surface area contributed by atoms with Crippen LogP contribution in [0.1, 0.15) is 47.5 Å². The molecule has 0 fully saturated rings. The molecule has 0 aromatic rings.